The second kappa shape index (κ2) is 8.01. The molecule has 9 heteroatoms. The van der Waals surface area contributed by atoms with Gasteiger partial charge >= 0.3 is 12.0 Å². The van der Waals surface area contributed by atoms with Crippen molar-refractivity contribution < 1.29 is 23.6 Å². The lowest BCUT2D eigenvalue weighted by atomic mass is 10.2. The molecule has 0 radical (unpaired) electrons. The highest BCUT2D eigenvalue weighted by Gasteiger charge is 2.23. The Kier molecular flexibility index (Phi) is 5.52. The maximum Gasteiger partial charge on any atom is 0.324 e. The van der Waals surface area contributed by atoms with Gasteiger partial charge in [0.05, 0.1) is 6.42 Å². The molecule has 3 amide bonds. The number of esters is 1. The van der Waals surface area contributed by atoms with E-state index in [0.29, 0.717) is 23.0 Å². The summed E-state index contributed by atoms with van der Waals surface area (Å²) in [7, 11) is 0. The normalized spacial score (nSPS) is 14.3. The topological polar surface area (TPSA) is 102 Å². The molecule has 136 valence electrons. The molecule has 1 N–H and O–H groups in total. The van der Waals surface area contributed by atoms with Gasteiger partial charge < -0.3 is 14.2 Å². The molecule has 0 saturated carbocycles. The van der Waals surface area contributed by atoms with Gasteiger partial charge in [-0.25, -0.2) is 4.79 Å². The molecule has 1 aromatic heterocycles. The predicted octanol–water partition coefficient (Wildman–Crippen LogP) is 2.37. The van der Waals surface area contributed by atoms with Crippen LogP contribution < -0.4 is 5.32 Å². The Balaban J connectivity index is 1.45. The average molecular weight is 378 g/mol. The first-order chi connectivity index (χ1) is 12.5. The minimum absolute atomic E-state index is 0.0272. The second-order valence-corrected chi connectivity index (χ2v) is 6.13. The van der Waals surface area contributed by atoms with E-state index in [1.165, 1.54) is 4.90 Å². The zero-order valence-electron chi connectivity index (χ0n) is 13.7. The van der Waals surface area contributed by atoms with E-state index in [4.69, 9.17) is 20.9 Å². The van der Waals surface area contributed by atoms with Crippen LogP contribution in [0.2, 0.25) is 5.02 Å². The third-order valence-corrected chi connectivity index (χ3v) is 4.05. The first kappa shape index (κ1) is 17.9. The highest BCUT2D eigenvalue weighted by molar-refractivity contribution is 6.30. The molecule has 0 unspecified atom stereocenters. The fraction of sp³-hybridized carbons (Fsp3) is 0.294. The Bertz CT molecular complexity index is 818. The quantitative estimate of drug-likeness (QED) is 0.775. The molecular weight excluding hydrogens is 362 g/mol. The molecule has 1 aromatic carbocycles. The van der Waals surface area contributed by atoms with Gasteiger partial charge in [-0.3, -0.25) is 14.9 Å². The third kappa shape index (κ3) is 4.60. The van der Waals surface area contributed by atoms with Gasteiger partial charge in [0.1, 0.15) is 12.3 Å². The van der Waals surface area contributed by atoms with Crippen molar-refractivity contribution in [1.82, 2.24) is 15.4 Å². The van der Waals surface area contributed by atoms with Crippen molar-refractivity contribution in [3.63, 3.8) is 0 Å². The average Bonchev–Trinajstić information content (AvgIpc) is 3.09. The number of aromatic nitrogens is 1. The van der Waals surface area contributed by atoms with Gasteiger partial charge in [-0.05, 0) is 24.3 Å². The van der Waals surface area contributed by atoms with Gasteiger partial charge in [0.15, 0.2) is 5.76 Å². The molecule has 0 aliphatic carbocycles. The SMILES string of the molecule is O=C1CCN(CCC(=O)OCc2cc(-c3ccc(Cl)cc3)on2)C(=O)N1. The van der Waals surface area contributed by atoms with Crippen LogP contribution in [0.3, 0.4) is 0 Å². The predicted molar refractivity (Wildman–Crippen MR) is 91.1 cm³/mol. The van der Waals surface area contributed by atoms with E-state index in [1.807, 2.05) is 0 Å². The minimum Gasteiger partial charge on any atom is -0.459 e. The van der Waals surface area contributed by atoms with Crippen molar-refractivity contribution >= 4 is 29.5 Å². The van der Waals surface area contributed by atoms with Crippen LogP contribution in [0.15, 0.2) is 34.9 Å². The lowest BCUT2D eigenvalue weighted by molar-refractivity contribution is -0.145. The zero-order chi connectivity index (χ0) is 18.5. The van der Waals surface area contributed by atoms with Crippen molar-refractivity contribution in [2.45, 2.75) is 19.4 Å². The number of hydrogen-bond donors (Lipinski definition) is 1. The number of benzene rings is 1. The molecule has 8 nitrogen and oxygen atoms in total. The van der Waals surface area contributed by atoms with Crippen LogP contribution in [0.25, 0.3) is 11.3 Å². The summed E-state index contributed by atoms with van der Waals surface area (Å²) in [5.41, 5.74) is 1.29. The number of imide groups is 1. The standard InChI is InChI=1S/C17H16ClN3O5/c18-12-3-1-11(2-4-12)14-9-13(20-26-14)10-25-16(23)6-8-21-7-5-15(22)19-17(21)24/h1-4,9H,5-8,10H2,(H,19,22,24). The van der Waals surface area contributed by atoms with Crippen molar-refractivity contribution in [3.05, 3.63) is 41.0 Å². The fourth-order valence-corrected chi connectivity index (χ4v) is 2.52. The molecule has 1 fully saturated rings. The highest BCUT2D eigenvalue weighted by atomic mass is 35.5. The zero-order valence-corrected chi connectivity index (χ0v) is 14.5. The van der Waals surface area contributed by atoms with Crippen LogP contribution in [-0.2, 0) is 20.9 Å². The maximum atomic E-state index is 11.8. The van der Waals surface area contributed by atoms with E-state index in [-0.39, 0.29) is 31.9 Å². The van der Waals surface area contributed by atoms with Crippen LogP contribution in [0.5, 0.6) is 0 Å². The molecule has 0 spiro atoms. The highest BCUT2D eigenvalue weighted by Crippen LogP contribution is 2.22. The smallest absolute Gasteiger partial charge is 0.324 e. The maximum absolute atomic E-state index is 11.8. The van der Waals surface area contributed by atoms with Gasteiger partial charge in [-0.2, -0.15) is 0 Å². The summed E-state index contributed by atoms with van der Waals surface area (Å²) in [6, 6.07) is 8.27. The van der Waals surface area contributed by atoms with Crippen LogP contribution in [0.1, 0.15) is 18.5 Å². The van der Waals surface area contributed by atoms with Gasteiger partial charge in [-0.15, -0.1) is 0 Å². The Morgan fingerprint density at radius 3 is 2.81 bits per heavy atom. The number of rotatable bonds is 6. The van der Waals surface area contributed by atoms with Gasteiger partial charge in [-0.1, -0.05) is 16.8 Å². The Hall–Kier alpha value is -2.87. The summed E-state index contributed by atoms with van der Waals surface area (Å²) in [4.78, 5) is 35.9. The van der Waals surface area contributed by atoms with Crippen LogP contribution in [0.4, 0.5) is 4.79 Å². The minimum atomic E-state index is -0.488. The number of nitrogens with zero attached hydrogens (tertiary/aromatic N) is 2. The number of ether oxygens (including phenoxy) is 1. The fourth-order valence-electron chi connectivity index (χ4n) is 2.40. The Morgan fingerprint density at radius 2 is 2.08 bits per heavy atom. The Labute approximate surface area is 154 Å². The van der Waals surface area contributed by atoms with Gasteiger partial charge in [0, 0.05) is 36.2 Å². The number of urea groups is 1. The molecule has 1 aliphatic rings. The van der Waals surface area contributed by atoms with Crippen molar-refractivity contribution in [2.24, 2.45) is 0 Å². The summed E-state index contributed by atoms with van der Waals surface area (Å²) in [5.74, 6) is -0.232. The number of nitrogens with one attached hydrogen (secondary N) is 1. The summed E-state index contributed by atoms with van der Waals surface area (Å²) in [6.45, 7) is 0.457. The van der Waals surface area contributed by atoms with E-state index >= 15 is 0 Å². The second-order valence-electron chi connectivity index (χ2n) is 5.69. The molecule has 2 heterocycles. The van der Waals surface area contributed by atoms with Crippen LogP contribution in [-0.4, -0.2) is 41.1 Å². The van der Waals surface area contributed by atoms with Crippen molar-refractivity contribution in [1.29, 1.82) is 0 Å². The molecule has 0 bridgehead atoms. The lowest BCUT2D eigenvalue weighted by Gasteiger charge is -2.25. The number of carbonyl (C=O) groups is 3. The molecule has 3 rings (SSSR count). The third-order valence-electron chi connectivity index (χ3n) is 3.80. The number of halogens is 1. The molecule has 26 heavy (non-hydrogen) atoms. The van der Waals surface area contributed by atoms with E-state index < -0.39 is 12.0 Å². The van der Waals surface area contributed by atoms with Gasteiger partial charge in [0.25, 0.3) is 0 Å². The number of carbonyl (C=O) groups excluding carboxylic acids is 3. The van der Waals surface area contributed by atoms with Crippen molar-refractivity contribution in [2.75, 3.05) is 13.1 Å². The molecule has 1 saturated heterocycles. The lowest BCUT2D eigenvalue weighted by Crippen LogP contribution is -2.49. The van der Waals surface area contributed by atoms with Gasteiger partial charge in [0.2, 0.25) is 5.91 Å². The summed E-state index contributed by atoms with van der Waals surface area (Å²) in [6.07, 6.45) is 0.261. The van der Waals surface area contributed by atoms with Crippen LogP contribution in [0, 0.1) is 0 Å². The van der Waals surface area contributed by atoms with E-state index in [1.54, 1.807) is 30.3 Å². The molecule has 1 aliphatic heterocycles. The van der Waals surface area contributed by atoms with E-state index in [2.05, 4.69) is 10.5 Å². The molecular formula is C17H16ClN3O5. The molecule has 2 aromatic rings. The van der Waals surface area contributed by atoms with Crippen LogP contribution >= 0.6 is 11.6 Å². The largest absolute Gasteiger partial charge is 0.459 e. The summed E-state index contributed by atoms with van der Waals surface area (Å²) >= 11 is 5.84. The summed E-state index contributed by atoms with van der Waals surface area (Å²) < 4.78 is 10.4. The van der Waals surface area contributed by atoms with E-state index in [0.717, 1.165) is 5.56 Å². The Morgan fingerprint density at radius 1 is 1.31 bits per heavy atom. The molecule has 0 atom stereocenters. The monoisotopic (exact) mass is 377 g/mol. The number of hydrogen-bond acceptors (Lipinski definition) is 6. The number of amides is 3. The summed E-state index contributed by atoms with van der Waals surface area (Å²) in [5, 5.41) is 6.68. The van der Waals surface area contributed by atoms with Crippen molar-refractivity contribution in [3.8, 4) is 11.3 Å². The first-order valence-corrected chi connectivity index (χ1v) is 8.35. The first-order valence-electron chi connectivity index (χ1n) is 7.97. The van der Waals surface area contributed by atoms with E-state index in [9.17, 15) is 14.4 Å².